The van der Waals surface area contributed by atoms with Crippen molar-refractivity contribution < 1.29 is 14.6 Å². The van der Waals surface area contributed by atoms with E-state index in [0.717, 1.165) is 36.8 Å². The van der Waals surface area contributed by atoms with Crippen LogP contribution in [0.5, 0.6) is 0 Å². The standard InChI is InChI=1S/C22H28N2O3/c1-20(2,3)27-19(25)24-17-7-8-18(24)13-22(26,12-17)16-6-4-5-15(11-16)21(14-23)9-10-21/h4-6,11,17-18,26H,7-10,12-13H2,1-3H3. The van der Waals surface area contributed by atoms with Gasteiger partial charge in [-0.1, -0.05) is 24.3 Å². The monoisotopic (exact) mass is 368 g/mol. The van der Waals surface area contributed by atoms with Gasteiger partial charge in [0.2, 0.25) is 0 Å². The Morgan fingerprint density at radius 1 is 1.22 bits per heavy atom. The molecule has 1 saturated carbocycles. The fourth-order valence-electron chi connectivity index (χ4n) is 4.77. The largest absolute Gasteiger partial charge is 0.444 e. The van der Waals surface area contributed by atoms with Crippen LogP contribution in [0.1, 0.15) is 70.4 Å². The van der Waals surface area contributed by atoms with Gasteiger partial charge in [0.1, 0.15) is 5.60 Å². The summed E-state index contributed by atoms with van der Waals surface area (Å²) in [6.07, 6.45) is 4.35. The second kappa shape index (κ2) is 5.97. The summed E-state index contributed by atoms with van der Waals surface area (Å²) in [7, 11) is 0. The van der Waals surface area contributed by atoms with E-state index in [0.29, 0.717) is 12.8 Å². The number of hydrogen-bond acceptors (Lipinski definition) is 4. The van der Waals surface area contributed by atoms with Gasteiger partial charge >= 0.3 is 6.09 Å². The Bertz CT molecular complexity index is 787. The molecule has 1 aromatic carbocycles. The molecular weight excluding hydrogens is 340 g/mol. The van der Waals surface area contributed by atoms with Gasteiger partial charge in [-0.25, -0.2) is 4.79 Å². The van der Waals surface area contributed by atoms with Crippen molar-refractivity contribution in [1.29, 1.82) is 5.26 Å². The number of amides is 1. The predicted molar refractivity (Wildman–Crippen MR) is 101 cm³/mol. The minimum absolute atomic E-state index is 0.00175. The number of fused-ring (bicyclic) bond motifs is 2. The smallest absolute Gasteiger partial charge is 0.410 e. The fourth-order valence-corrected chi connectivity index (χ4v) is 4.77. The third kappa shape index (κ3) is 3.21. The van der Waals surface area contributed by atoms with E-state index in [1.165, 1.54) is 0 Å². The van der Waals surface area contributed by atoms with Crippen molar-refractivity contribution in [3.05, 3.63) is 35.4 Å². The highest BCUT2D eigenvalue weighted by atomic mass is 16.6. The maximum atomic E-state index is 12.6. The van der Waals surface area contributed by atoms with Crippen molar-refractivity contribution in [1.82, 2.24) is 4.90 Å². The first kappa shape index (κ1) is 18.3. The molecule has 3 fully saturated rings. The first-order valence-corrected chi connectivity index (χ1v) is 9.92. The Hall–Kier alpha value is -2.06. The second-order valence-electron chi connectivity index (χ2n) is 9.49. The molecule has 2 saturated heterocycles. The van der Waals surface area contributed by atoms with Crippen LogP contribution in [0.25, 0.3) is 0 Å². The van der Waals surface area contributed by atoms with E-state index in [1.807, 2.05) is 49.9 Å². The predicted octanol–water partition coefficient (Wildman–Crippen LogP) is 3.99. The molecule has 0 radical (unpaired) electrons. The van der Waals surface area contributed by atoms with Crippen LogP contribution in [0.2, 0.25) is 0 Å². The number of piperidine rings is 1. The van der Waals surface area contributed by atoms with Crippen LogP contribution in [0, 0.1) is 11.3 Å². The van der Waals surface area contributed by atoms with Crippen molar-refractivity contribution in [3.63, 3.8) is 0 Å². The van der Waals surface area contributed by atoms with Gasteiger partial charge in [0.15, 0.2) is 0 Å². The van der Waals surface area contributed by atoms with Gasteiger partial charge in [-0.2, -0.15) is 5.26 Å². The van der Waals surface area contributed by atoms with E-state index >= 15 is 0 Å². The molecule has 2 bridgehead atoms. The lowest BCUT2D eigenvalue weighted by molar-refractivity contribution is -0.0624. The lowest BCUT2D eigenvalue weighted by Crippen LogP contribution is -2.53. The Morgan fingerprint density at radius 3 is 2.33 bits per heavy atom. The number of aliphatic hydroxyl groups is 1. The topological polar surface area (TPSA) is 73.6 Å². The van der Waals surface area contributed by atoms with Gasteiger partial charge < -0.3 is 14.7 Å². The van der Waals surface area contributed by atoms with E-state index in [9.17, 15) is 15.2 Å². The Labute approximate surface area is 160 Å². The number of benzene rings is 1. The third-order valence-electron chi connectivity index (χ3n) is 6.29. The number of ether oxygens (including phenoxy) is 1. The van der Waals surface area contributed by atoms with Crippen molar-refractivity contribution in [2.75, 3.05) is 0 Å². The first-order chi connectivity index (χ1) is 12.7. The number of carbonyl (C=O) groups excluding carboxylic acids is 1. The van der Waals surface area contributed by atoms with E-state index in [2.05, 4.69) is 6.07 Å². The van der Waals surface area contributed by atoms with Crippen LogP contribution >= 0.6 is 0 Å². The number of rotatable bonds is 2. The van der Waals surface area contributed by atoms with Crippen LogP contribution in [0.15, 0.2) is 24.3 Å². The van der Waals surface area contributed by atoms with Crippen molar-refractivity contribution in [2.45, 2.75) is 88.0 Å². The molecule has 144 valence electrons. The minimum Gasteiger partial charge on any atom is -0.444 e. The van der Waals surface area contributed by atoms with Crippen LogP contribution in [0.4, 0.5) is 4.79 Å². The summed E-state index contributed by atoms with van der Waals surface area (Å²) in [6, 6.07) is 10.3. The van der Waals surface area contributed by atoms with Gasteiger partial charge in [0.25, 0.3) is 0 Å². The quantitative estimate of drug-likeness (QED) is 0.856. The number of nitrogens with zero attached hydrogens (tertiary/aromatic N) is 2. The van der Waals surface area contributed by atoms with Gasteiger partial charge in [-0.15, -0.1) is 0 Å². The summed E-state index contributed by atoms with van der Waals surface area (Å²) in [5.74, 6) is 0. The summed E-state index contributed by atoms with van der Waals surface area (Å²) in [6.45, 7) is 5.63. The molecule has 27 heavy (non-hydrogen) atoms. The zero-order chi connectivity index (χ0) is 19.4. The highest BCUT2D eigenvalue weighted by Gasteiger charge is 2.52. The summed E-state index contributed by atoms with van der Waals surface area (Å²) >= 11 is 0. The molecule has 1 aliphatic carbocycles. The molecule has 1 amide bonds. The number of hydrogen-bond donors (Lipinski definition) is 1. The van der Waals surface area contributed by atoms with Crippen molar-refractivity contribution in [2.24, 2.45) is 0 Å². The molecule has 2 atom stereocenters. The normalized spacial score (nSPS) is 31.3. The molecule has 1 aromatic rings. The van der Waals surface area contributed by atoms with Crippen molar-refractivity contribution in [3.8, 4) is 6.07 Å². The van der Waals surface area contributed by atoms with Crippen LogP contribution < -0.4 is 0 Å². The lowest BCUT2D eigenvalue weighted by Gasteiger charge is -2.44. The Kier molecular flexibility index (Phi) is 4.05. The Morgan fingerprint density at radius 2 is 1.81 bits per heavy atom. The summed E-state index contributed by atoms with van der Waals surface area (Å²) in [4.78, 5) is 14.5. The van der Waals surface area contributed by atoms with E-state index in [4.69, 9.17) is 4.74 Å². The highest BCUT2D eigenvalue weighted by Crippen LogP contribution is 2.50. The van der Waals surface area contributed by atoms with Gasteiger partial charge in [-0.3, -0.25) is 0 Å². The zero-order valence-corrected chi connectivity index (χ0v) is 16.4. The summed E-state index contributed by atoms with van der Waals surface area (Å²) < 4.78 is 5.59. The summed E-state index contributed by atoms with van der Waals surface area (Å²) in [5, 5.41) is 21.0. The lowest BCUT2D eigenvalue weighted by atomic mass is 9.79. The molecular formula is C22H28N2O3. The minimum atomic E-state index is -0.952. The van der Waals surface area contributed by atoms with E-state index in [-0.39, 0.29) is 23.6 Å². The van der Waals surface area contributed by atoms with Gasteiger partial charge in [-0.05, 0) is 57.6 Å². The number of carbonyl (C=O) groups is 1. The SMILES string of the molecule is CC(C)(C)OC(=O)N1C2CCC1CC(O)(c1cccc(C3(C#N)CC3)c1)C2. The molecule has 0 aromatic heterocycles. The van der Waals surface area contributed by atoms with Gasteiger partial charge in [0, 0.05) is 24.9 Å². The first-order valence-electron chi connectivity index (χ1n) is 9.92. The molecule has 5 heteroatoms. The van der Waals surface area contributed by atoms with Crippen LogP contribution in [-0.2, 0) is 15.8 Å². The van der Waals surface area contributed by atoms with E-state index < -0.39 is 11.2 Å². The zero-order valence-electron chi connectivity index (χ0n) is 16.4. The maximum absolute atomic E-state index is 12.6. The molecule has 4 rings (SSSR count). The van der Waals surface area contributed by atoms with Crippen molar-refractivity contribution >= 4 is 6.09 Å². The summed E-state index contributed by atoms with van der Waals surface area (Å²) in [5.41, 5.74) is 0.0586. The molecule has 3 aliphatic rings. The maximum Gasteiger partial charge on any atom is 0.410 e. The third-order valence-corrected chi connectivity index (χ3v) is 6.29. The van der Waals surface area contributed by atoms with Crippen LogP contribution in [0.3, 0.4) is 0 Å². The molecule has 2 unspecified atom stereocenters. The molecule has 2 heterocycles. The van der Waals surface area contributed by atoms with E-state index in [1.54, 1.807) is 0 Å². The van der Waals surface area contributed by atoms with Crippen LogP contribution in [-0.4, -0.2) is 33.8 Å². The molecule has 0 spiro atoms. The second-order valence-corrected chi connectivity index (χ2v) is 9.49. The number of nitriles is 1. The Balaban J connectivity index is 1.57. The molecule has 5 nitrogen and oxygen atoms in total. The highest BCUT2D eigenvalue weighted by molar-refractivity contribution is 5.70. The van der Waals surface area contributed by atoms with Gasteiger partial charge in [0.05, 0.1) is 17.1 Å². The molecule has 1 N–H and O–H groups in total. The molecule has 2 aliphatic heterocycles. The average Bonchev–Trinajstić information content (AvgIpc) is 3.34. The average molecular weight is 368 g/mol. The fraction of sp³-hybridized carbons (Fsp3) is 0.636.